The van der Waals surface area contributed by atoms with Crippen molar-refractivity contribution in [2.45, 2.75) is 49.8 Å². The lowest BCUT2D eigenvalue weighted by molar-refractivity contribution is -0.0718. The number of hydrogen-bond donors (Lipinski definition) is 1. The quantitative estimate of drug-likeness (QED) is 0.836. The van der Waals surface area contributed by atoms with Crippen LogP contribution in [0.3, 0.4) is 0 Å². The first-order valence-corrected chi connectivity index (χ1v) is 10.9. The Kier molecular flexibility index (Phi) is 4.86. The molecule has 2 atom stereocenters. The van der Waals surface area contributed by atoms with Crippen LogP contribution in [0, 0.1) is 0 Å². The van der Waals surface area contributed by atoms with Crippen molar-refractivity contribution in [3.05, 3.63) is 0 Å². The standard InChI is InChI=1S/C14H26N2O3S2/c1-21(17,18)16-6-2-12(3-7-16)15-13-4-8-19-14(10-13)5-9-20-11-14/h12-13,15H,2-11H2,1H3. The summed E-state index contributed by atoms with van der Waals surface area (Å²) in [5, 5.41) is 3.77. The van der Waals surface area contributed by atoms with Gasteiger partial charge in [0.05, 0.1) is 11.9 Å². The molecule has 3 rings (SSSR count). The molecule has 21 heavy (non-hydrogen) atoms. The van der Waals surface area contributed by atoms with Gasteiger partial charge in [-0.05, 0) is 37.9 Å². The number of ether oxygens (including phenoxy) is 1. The van der Waals surface area contributed by atoms with E-state index in [9.17, 15) is 8.42 Å². The van der Waals surface area contributed by atoms with E-state index in [1.807, 2.05) is 11.8 Å². The third-order valence-corrected chi connectivity index (χ3v) is 7.48. The highest BCUT2D eigenvalue weighted by Crippen LogP contribution is 2.38. The van der Waals surface area contributed by atoms with Gasteiger partial charge >= 0.3 is 0 Å². The molecule has 0 radical (unpaired) electrons. The van der Waals surface area contributed by atoms with Crippen molar-refractivity contribution in [3.63, 3.8) is 0 Å². The number of rotatable bonds is 3. The second-order valence-electron chi connectivity index (χ2n) is 6.63. The zero-order valence-corrected chi connectivity index (χ0v) is 14.3. The molecule has 122 valence electrons. The van der Waals surface area contributed by atoms with Gasteiger partial charge in [0.2, 0.25) is 10.0 Å². The van der Waals surface area contributed by atoms with Crippen LogP contribution < -0.4 is 5.32 Å². The third-order valence-electron chi connectivity index (χ3n) is 4.95. The Hall–Kier alpha value is 0.180. The monoisotopic (exact) mass is 334 g/mol. The summed E-state index contributed by atoms with van der Waals surface area (Å²) >= 11 is 2.00. The molecule has 0 saturated carbocycles. The first-order chi connectivity index (χ1) is 9.97. The molecule has 3 heterocycles. The van der Waals surface area contributed by atoms with Gasteiger partial charge in [-0.1, -0.05) is 0 Å². The summed E-state index contributed by atoms with van der Waals surface area (Å²) in [7, 11) is -3.02. The Morgan fingerprint density at radius 1 is 1.24 bits per heavy atom. The molecule has 0 amide bonds. The molecule has 1 spiro atoms. The van der Waals surface area contributed by atoms with Gasteiger partial charge in [0, 0.05) is 37.5 Å². The SMILES string of the molecule is CS(=O)(=O)N1CCC(NC2CCOC3(CCSC3)C2)CC1. The van der Waals surface area contributed by atoms with E-state index in [2.05, 4.69) is 5.32 Å². The number of nitrogens with one attached hydrogen (secondary N) is 1. The topological polar surface area (TPSA) is 58.6 Å². The fourth-order valence-electron chi connectivity index (χ4n) is 3.72. The fourth-order valence-corrected chi connectivity index (χ4v) is 5.97. The van der Waals surface area contributed by atoms with Gasteiger partial charge in [0.1, 0.15) is 0 Å². The van der Waals surface area contributed by atoms with E-state index in [-0.39, 0.29) is 5.60 Å². The van der Waals surface area contributed by atoms with E-state index in [4.69, 9.17) is 4.74 Å². The lowest BCUT2D eigenvalue weighted by Crippen LogP contribution is -2.52. The highest BCUT2D eigenvalue weighted by molar-refractivity contribution is 7.99. The van der Waals surface area contributed by atoms with E-state index in [1.165, 1.54) is 18.4 Å². The molecule has 0 aromatic rings. The largest absolute Gasteiger partial charge is 0.374 e. The molecule has 2 unspecified atom stereocenters. The Bertz CT molecular complexity index is 455. The normalized spacial score (nSPS) is 36.3. The Morgan fingerprint density at radius 3 is 2.62 bits per heavy atom. The van der Waals surface area contributed by atoms with Gasteiger partial charge in [0.25, 0.3) is 0 Å². The number of nitrogens with zero attached hydrogens (tertiary/aromatic N) is 1. The first-order valence-electron chi connectivity index (χ1n) is 7.90. The highest BCUT2D eigenvalue weighted by Gasteiger charge is 2.41. The lowest BCUT2D eigenvalue weighted by atomic mass is 9.89. The van der Waals surface area contributed by atoms with Gasteiger partial charge in [-0.3, -0.25) is 0 Å². The summed E-state index contributed by atoms with van der Waals surface area (Å²) in [6.45, 7) is 2.17. The minimum atomic E-state index is -3.02. The average molecular weight is 335 g/mol. The molecular formula is C14H26N2O3S2. The van der Waals surface area contributed by atoms with Crippen molar-refractivity contribution in [1.29, 1.82) is 0 Å². The molecule has 0 aliphatic carbocycles. The fraction of sp³-hybridized carbons (Fsp3) is 1.00. The summed E-state index contributed by atoms with van der Waals surface area (Å²) in [6.07, 6.45) is 6.53. The molecule has 1 N–H and O–H groups in total. The second kappa shape index (κ2) is 6.35. The minimum Gasteiger partial charge on any atom is -0.374 e. The number of piperidine rings is 1. The summed E-state index contributed by atoms with van der Waals surface area (Å²) in [4.78, 5) is 0. The van der Waals surface area contributed by atoms with Crippen LogP contribution in [0.5, 0.6) is 0 Å². The summed E-state index contributed by atoms with van der Waals surface area (Å²) in [6, 6.07) is 0.990. The van der Waals surface area contributed by atoms with Crippen LogP contribution in [0.4, 0.5) is 0 Å². The molecule has 0 aromatic heterocycles. The van der Waals surface area contributed by atoms with E-state index in [0.717, 1.165) is 38.0 Å². The third kappa shape index (κ3) is 3.93. The summed E-state index contributed by atoms with van der Waals surface area (Å²) < 4.78 is 30.7. The van der Waals surface area contributed by atoms with Gasteiger partial charge < -0.3 is 10.1 Å². The smallest absolute Gasteiger partial charge is 0.211 e. The molecule has 3 saturated heterocycles. The van der Waals surface area contributed by atoms with Crippen LogP contribution in [0.1, 0.15) is 32.1 Å². The zero-order chi connectivity index (χ0) is 14.9. The van der Waals surface area contributed by atoms with Crippen molar-refractivity contribution < 1.29 is 13.2 Å². The molecule has 0 bridgehead atoms. The highest BCUT2D eigenvalue weighted by atomic mass is 32.2. The van der Waals surface area contributed by atoms with E-state index < -0.39 is 10.0 Å². The number of thioether (sulfide) groups is 1. The molecule has 0 aromatic carbocycles. The van der Waals surface area contributed by atoms with Crippen LogP contribution in [0.2, 0.25) is 0 Å². The van der Waals surface area contributed by atoms with Crippen molar-refractivity contribution in [3.8, 4) is 0 Å². The van der Waals surface area contributed by atoms with Crippen molar-refractivity contribution >= 4 is 21.8 Å². The van der Waals surface area contributed by atoms with E-state index in [0.29, 0.717) is 25.2 Å². The van der Waals surface area contributed by atoms with Gasteiger partial charge in [0.15, 0.2) is 0 Å². The average Bonchev–Trinajstić information content (AvgIpc) is 2.86. The predicted molar refractivity (Wildman–Crippen MR) is 86.2 cm³/mol. The molecule has 3 aliphatic rings. The van der Waals surface area contributed by atoms with Crippen molar-refractivity contribution in [2.75, 3.05) is 37.5 Å². The Labute approximate surface area is 132 Å². The number of hydrogen-bond acceptors (Lipinski definition) is 5. The van der Waals surface area contributed by atoms with Crippen LogP contribution in [0.15, 0.2) is 0 Å². The maximum Gasteiger partial charge on any atom is 0.211 e. The maximum atomic E-state index is 11.5. The minimum absolute atomic E-state index is 0.119. The summed E-state index contributed by atoms with van der Waals surface area (Å²) in [5.41, 5.74) is 0.119. The number of sulfonamides is 1. The van der Waals surface area contributed by atoms with Crippen LogP contribution in [-0.4, -0.2) is 67.9 Å². The predicted octanol–water partition coefficient (Wildman–Crippen LogP) is 1.05. The lowest BCUT2D eigenvalue weighted by Gasteiger charge is -2.40. The molecule has 3 fully saturated rings. The first kappa shape index (κ1) is 16.1. The molecule has 7 heteroatoms. The van der Waals surface area contributed by atoms with Crippen LogP contribution in [-0.2, 0) is 14.8 Å². The molecule has 5 nitrogen and oxygen atoms in total. The summed E-state index contributed by atoms with van der Waals surface area (Å²) in [5.74, 6) is 2.36. The zero-order valence-electron chi connectivity index (χ0n) is 12.7. The Balaban J connectivity index is 1.49. The van der Waals surface area contributed by atoms with Crippen molar-refractivity contribution in [1.82, 2.24) is 9.62 Å². The van der Waals surface area contributed by atoms with Crippen LogP contribution in [0.25, 0.3) is 0 Å². The second-order valence-corrected chi connectivity index (χ2v) is 9.71. The maximum absolute atomic E-state index is 11.5. The molecular weight excluding hydrogens is 308 g/mol. The van der Waals surface area contributed by atoms with Crippen LogP contribution >= 0.6 is 11.8 Å². The van der Waals surface area contributed by atoms with Crippen molar-refractivity contribution in [2.24, 2.45) is 0 Å². The van der Waals surface area contributed by atoms with E-state index >= 15 is 0 Å². The van der Waals surface area contributed by atoms with E-state index in [1.54, 1.807) is 4.31 Å². The van der Waals surface area contributed by atoms with Gasteiger partial charge in [-0.2, -0.15) is 11.8 Å². The molecule has 3 aliphatic heterocycles. The van der Waals surface area contributed by atoms with Gasteiger partial charge in [-0.25, -0.2) is 12.7 Å². The Morgan fingerprint density at radius 2 is 2.00 bits per heavy atom. The van der Waals surface area contributed by atoms with Gasteiger partial charge in [-0.15, -0.1) is 0 Å².